The molecule has 102 valence electrons. The molecule has 2 rings (SSSR count). The monoisotopic (exact) mass is 263 g/mol. The van der Waals surface area contributed by atoms with Gasteiger partial charge in [0.05, 0.1) is 18.8 Å². The van der Waals surface area contributed by atoms with Gasteiger partial charge in [-0.2, -0.15) is 5.10 Å². The van der Waals surface area contributed by atoms with Crippen molar-refractivity contribution in [3.05, 3.63) is 47.0 Å². The Kier molecular flexibility index (Phi) is 3.85. The highest BCUT2D eigenvalue weighted by molar-refractivity contribution is 5.42. The van der Waals surface area contributed by atoms with Crippen LogP contribution in [0.5, 0.6) is 5.75 Å². The third-order valence-electron chi connectivity index (χ3n) is 3.15. The predicted octanol–water partition coefficient (Wildman–Crippen LogP) is 2.19. The van der Waals surface area contributed by atoms with Gasteiger partial charge in [-0.25, -0.2) is 4.39 Å². The molecular formula is C14H18FN3O. The number of nitrogens with one attached hydrogen (secondary N) is 1. The second kappa shape index (κ2) is 5.40. The van der Waals surface area contributed by atoms with Crippen LogP contribution in [0.3, 0.4) is 0 Å². The third-order valence-corrected chi connectivity index (χ3v) is 3.15. The fourth-order valence-corrected chi connectivity index (χ4v) is 2.31. The Bertz CT molecular complexity index is 580. The van der Waals surface area contributed by atoms with Crippen LogP contribution in [-0.2, 0) is 7.05 Å². The SMILES string of the molecule is CNC(c1cc(F)ccc1OC)c1cn(C)nc1C. The zero-order valence-corrected chi connectivity index (χ0v) is 11.6. The van der Waals surface area contributed by atoms with E-state index < -0.39 is 0 Å². The first-order valence-corrected chi connectivity index (χ1v) is 6.07. The molecule has 4 nitrogen and oxygen atoms in total. The van der Waals surface area contributed by atoms with Crippen molar-refractivity contribution in [2.75, 3.05) is 14.2 Å². The van der Waals surface area contributed by atoms with E-state index in [9.17, 15) is 4.39 Å². The van der Waals surface area contributed by atoms with Crippen LogP contribution in [0.4, 0.5) is 4.39 Å². The lowest BCUT2D eigenvalue weighted by Crippen LogP contribution is -2.19. The maximum absolute atomic E-state index is 13.5. The first-order chi connectivity index (χ1) is 9.06. The number of nitrogens with zero attached hydrogens (tertiary/aromatic N) is 2. The van der Waals surface area contributed by atoms with Crippen molar-refractivity contribution >= 4 is 0 Å². The predicted molar refractivity (Wildman–Crippen MR) is 71.8 cm³/mol. The number of ether oxygens (including phenoxy) is 1. The second-order valence-electron chi connectivity index (χ2n) is 4.45. The van der Waals surface area contributed by atoms with Gasteiger partial charge in [-0.3, -0.25) is 4.68 Å². The summed E-state index contributed by atoms with van der Waals surface area (Å²) in [6, 6.07) is 4.37. The van der Waals surface area contributed by atoms with Crippen molar-refractivity contribution in [1.29, 1.82) is 0 Å². The molecule has 0 saturated carbocycles. The van der Waals surface area contributed by atoms with Crippen molar-refractivity contribution in [2.24, 2.45) is 7.05 Å². The summed E-state index contributed by atoms with van der Waals surface area (Å²) in [5.41, 5.74) is 2.68. The van der Waals surface area contributed by atoms with E-state index in [0.29, 0.717) is 5.75 Å². The molecule has 2 aromatic rings. The second-order valence-corrected chi connectivity index (χ2v) is 4.45. The maximum Gasteiger partial charge on any atom is 0.124 e. The number of benzene rings is 1. The van der Waals surface area contributed by atoms with Crippen LogP contribution in [0, 0.1) is 12.7 Å². The van der Waals surface area contributed by atoms with Crippen molar-refractivity contribution in [3.8, 4) is 5.75 Å². The molecule has 5 heteroatoms. The average molecular weight is 263 g/mol. The molecule has 0 saturated heterocycles. The van der Waals surface area contributed by atoms with Crippen LogP contribution in [0.1, 0.15) is 22.9 Å². The first kappa shape index (κ1) is 13.5. The average Bonchev–Trinajstić information content (AvgIpc) is 2.70. The van der Waals surface area contributed by atoms with Crippen molar-refractivity contribution in [1.82, 2.24) is 15.1 Å². The summed E-state index contributed by atoms with van der Waals surface area (Å²) in [5, 5.41) is 7.52. The van der Waals surface area contributed by atoms with Gasteiger partial charge in [0.1, 0.15) is 11.6 Å². The minimum atomic E-state index is -0.280. The molecule has 0 aliphatic rings. The third kappa shape index (κ3) is 2.61. The molecule has 1 heterocycles. The van der Waals surface area contributed by atoms with Gasteiger partial charge in [0.25, 0.3) is 0 Å². The molecule has 0 fully saturated rings. The number of methoxy groups -OCH3 is 1. The lowest BCUT2D eigenvalue weighted by atomic mass is 9.98. The lowest BCUT2D eigenvalue weighted by Gasteiger charge is -2.19. The topological polar surface area (TPSA) is 39.1 Å². The van der Waals surface area contributed by atoms with Crippen LogP contribution in [-0.4, -0.2) is 23.9 Å². The highest BCUT2D eigenvalue weighted by Gasteiger charge is 2.21. The summed E-state index contributed by atoms with van der Waals surface area (Å²) >= 11 is 0. The van der Waals surface area contributed by atoms with E-state index in [1.54, 1.807) is 17.9 Å². The van der Waals surface area contributed by atoms with Crippen LogP contribution >= 0.6 is 0 Å². The zero-order chi connectivity index (χ0) is 14.0. The van der Waals surface area contributed by atoms with Gasteiger partial charge in [0, 0.05) is 24.4 Å². The quantitative estimate of drug-likeness (QED) is 0.919. The maximum atomic E-state index is 13.5. The van der Waals surface area contributed by atoms with Gasteiger partial charge in [-0.05, 0) is 32.2 Å². The Balaban J connectivity index is 2.53. The fourth-order valence-electron chi connectivity index (χ4n) is 2.31. The van der Waals surface area contributed by atoms with Crippen LogP contribution < -0.4 is 10.1 Å². The van der Waals surface area contributed by atoms with Crippen molar-refractivity contribution in [3.63, 3.8) is 0 Å². The minimum Gasteiger partial charge on any atom is -0.496 e. The Morgan fingerprint density at radius 2 is 2.11 bits per heavy atom. The molecule has 1 atom stereocenters. The number of hydrogen-bond donors (Lipinski definition) is 1. The van der Waals surface area contributed by atoms with E-state index in [1.807, 2.05) is 27.2 Å². The molecule has 19 heavy (non-hydrogen) atoms. The standard InChI is InChI=1S/C14H18FN3O/c1-9-12(8-18(3)17-9)14(16-2)11-7-10(15)5-6-13(11)19-4/h5-8,14,16H,1-4H3. The van der Waals surface area contributed by atoms with E-state index in [-0.39, 0.29) is 11.9 Å². The fraction of sp³-hybridized carbons (Fsp3) is 0.357. The van der Waals surface area contributed by atoms with E-state index in [2.05, 4.69) is 10.4 Å². The highest BCUT2D eigenvalue weighted by Crippen LogP contribution is 2.31. The Hall–Kier alpha value is -1.88. The molecule has 1 unspecified atom stereocenters. The molecular weight excluding hydrogens is 245 g/mol. The lowest BCUT2D eigenvalue weighted by molar-refractivity contribution is 0.403. The number of hydrogen-bond acceptors (Lipinski definition) is 3. The van der Waals surface area contributed by atoms with Crippen molar-refractivity contribution < 1.29 is 9.13 Å². The number of aromatic nitrogens is 2. The molecule has 0 bridgehead atoms. The van der Waals surface area contributed by atoms with Gasteiger partial charge < -0.3 is 10.1 Å². The molecule has 1 N–H and O–H groups in total. The summed E-state index contributed by atoms with van der Waals surface area (Å²) in [6.45, 7) is 1.94. The zero-order valence-electron chi connectivity index (χ0n) is 11.6. The summed E-state index contributed by atoms with van der Waals surface area (Å²) in [4.78, 5) is 0. The molecule has 1 aromatic carbocycles. The largest absolute Gasteiger partial charge is 0.496 e. The van der Waals surface area contributed by atoms with E-state index in [4.69, 9.17) is 4.74 Å². The minimum absolute atomic E-state index is 0.153. The highest BCUT2D eigenvalue weighted by atomic mass is 19.1. The molecule has 0 radical (unpaired) electrons. The van der Waals surface area contributed by atoms with Gasteiger partial charge >= 0.3 is 0 Å². The molecule has 0 spiro atoms. The molecule has 0 aliphatic carbocycles. The Morgan fingerprint density at radius 1 is 1.37 bits per heavy atom. The van der Waals surface area contributed by atoms with E-state index >= 15 is 0 Å². The molecule has 1 aromatic heterocycles. The summed E-state index contributed by atoms with van der Waals surface area (Å²) in [6.07, 6.45) is 1.93. The summed E-state index contributed by atoms with van der Waals surface area (Å²) in [5.74, 6) is 0.376. The van der Waals surface area contributed by atoms with Gasteiger partial charge in [-0.15, -0.1) is 0 Å². The molecule has 0 aliphatic heterocycles. The Morgan fingerprint density at radius 3 is 2.63 bits per heavy atom. The smallest absolute Gasteiger partial charge is 0.124 e. The van der Waals surface area contributed by atoms with Crippen LogP contribution in [0.2, 0.25) is 0 Å². The van der Waals surface area contributed by atoms with E-state index in [1.165, 1.54) is 12.1 Å². The van der Waals surface area contributed by atoms with Gasteiger partial charge in [-0.1, -0.05) is 0 Å². The first-order valence-electron chi connectivity index (χ1n) is 6.07. The summed E-state index contributed by atoms with van der Waals surface area (Å²) in [7, 11) is 5.28. The normalized spacial score (nSPS) is 12.5. The van der Waals surface area contributed by atoms with Gasteiger partial charge in [0.2, 0.25) is 0 Å². The summed E-state index contributed by atoms with van der Waals surface area (Å²) < 4.78 is 20.6. The number of rotatable bonds is 4. The van der Waals surface area contributed by atoms with E-state index in [0.717, 1.165) is 16.8 Å². The molecule has 0 amide bonds. The van der Waals surface area contributed by atoms with Crippen molar-refractivity contribution in [2.45, 2.75) is 13.0 Å². The van der Waals surface area contributed by atoms with Gasteiger partial charge in [0.15, 0.2) is 0 Å². The number of halogens is 1. The van der Waals surface area contributed by atoms with Crippen LogP contribution in [0.15, 0.2) is 24.4 Å². The van der Waals surface area contributed by atoms with Crippen LogP contribution in [0.25, 0.3) is 0 Å². The Labute approximate surface area is 112 Å². The number of aryl methyl sites for hydroxylation is 2.